The highest BCUT2D eigenvalue weighted by Crippen LogP contribution is 2.44. The van der Waals surface area contributed by atoms with Gasteiger partial charge < -0.3 is 25.6 Å². The fraction of sp³-hybridized carbons (Fsp3) is 0.706. The number of hydrogen-bond acceptors (Lipinski definition) is 8. The van der Waals surface area contributed by atoms with Gasteiger partial charge in [0, 0.05) is 12.8 Å². The second kappa shape index (κ2) is 23.3. The van der Waals surface area contributed by atoms with Gasteiger partial charge >= 0.3 is 5.97 Å². The van der Waals surface area contributed by atoms with Crippen LogP contribution in [-0.2, 0) is 25.6 Å². The zero-order valence-corrected chi connectivity index (χ0v) is 27.0. The number of aliphatic hydroxyl groups excluding tert-OH is 1. The van der Waals surface area contributed by atoms with E-state index in [4.69, 9.17) is 15.7 Å². The lowest BCUT2D eigenvalue weighted by atomic mass is 9.82. The number of nitrogens with two attached hydrogens (primary N) is 1. The van der Waals surface area contributed by atoms with Gasteiger partial charge in [-0.25, -0.2) is 0 Å². The van der Waals surface area contributed by atoms with E-state index in [0.29, 0.717) is 56.8 Å². The first-order chi connectivity index (χ1) is 20.6. The number of ketones is 1. The summed E-state index contributed by atoms with van der Waals surface area (Å²) in [5, 5.41) is 28.5. The van der Waals surface area contributed by atoms with E-state index in [0.717, 1.165) is 45.1 Å². The van der Waals surface area contributed by atoms with Crippen LogP contribution in [0.1, 0.15) is 110 Å². The third-order valence-corrected chi connectivity index (χ3v) is 8.18. The molecule has 0 spiro atoms. The monoisotopic (exact) mass is 606 g/mol. The molecule has 1 aromatic rings. The number of unbranched alkanes of at least 4 members (excludes halogenated alkanes) is 2. The number of hydrogen-bond donors (Lipinski definition) is 4. The Morgan fingerprint density at radius 3 is 2.42 bits per heavy atom. The van der Waals surface area contributed by atoms with E-state index in [1.165, 1.54) is 11.1 Å². The Bertz CT molecular complexity index is 909. The number of aryl methyl sites for hydroxylation is 1. The molecule has 1 aliphatic rings. The maximum atomic E-state index is 12.7. The molecule has 9 nitrogen and oxygen atoms in total. The van der Waals surface area contributed by atoms with Crippen molar-refractivity contribution >= 4 is 11.8 Å². The van der Waals surface area contributed by atoms with E-state index in [1.54, 1.807) is 6.92 Å². The lowest BCUT2D eigenvalue weighted by molar-refractivity contribution is -1.21. The summed E-state index contributed by atoms with van der Waals surface area (Å²) in [6, 6.07) is 10.2. The molecule has 9 heteroatoms. The lowest BCUT2D eigenvalue weighted by Gasteiger charge is -2.26. The Morgan fingerprint density at radius 1 is 1.07 bits per heavy atom. The third-order valence-electron chi connectivity index (χ3n) is 8.18. The molecule has 0 aliphatic heterocycles. The van der Waals surface area contributed by atoms with Crippen LogP contribution in [0.15, 0.2) is 42.0 Å². The number of Topliss-reactive ketones (excluding diaryl/α,β-unsaturated/α-hetero) is 1. The summed E-state index contributed by atoms with van der Waals surface area (Å²) in [7, 11) is 0. The molecular weight excluding hydrogens is 548 g/mol. The van der Waals surface area contributed by atoms with Crippen molar-refractivity contribution in [2.45, 2.75) is 123 Å². The largest absolute Gasteiger partial charge is 0.566 e. The molecule has 0 bridgehead atoms. The van der Waals surface area contributed by atoms with Crippen LogP contribution in [0.5, 0.6) is 0 Å². The Kier molecular flexibility index (Phi) is 21.0. The van der Waals surface area contributed by atoms with Crippen molar-refractivity contribution in [3.63, 3.8) is 0 Å². The van der Waals surface area contributed by atoms with Gasteiger partial charge in [0.2, 0.25) is 0 Å². The smallest absolute Gasteiger partial charge is 0.306 e. The summed E-state index contributed by atoms with van der Waals surface area (Å²) in [6.07, 6.45) is 11.2. The summed E-state index contributed by atoms with van der Waals surface area (Å²) < 4.78 is 6.02. The molecule has 0 amide bonds. The number of esters is 1. The second-order valence-corrected chi connectivity index (χ2v) is 12.0. The molecule has 6 atom stereocenters. The number of allylic oxidation sites excluding steroid dienone is 2. The van der Waals surface area contributed by atoms with Gasteiger partial charge in [0.1, 0.15) is 18.5 Å². The topological polar surface area (TPSA) is 147 Å². The highest BCUT2D eigenvalue weighted by atomic mass is 17.1. The van der Waals surface area contributed by atoms with Gasteiger partial charge in [-0.1, -0.05) is 67.6 Å². The Balaban J connectivity index is 0.00000295. The molecule has 0 aromatic heterocycles. The SMILES string of the molecule is CC(=O)CCC/C(C)=C\C[C@H]1C(C)C[C@@H](OC(=O)CCCCCO[NH+]([O-])O)[C@@H]1CC[C@@H](O)CCc1ccccc1.CCN. The second-order valence-electron chi connectivity index (χ2n) is 12.0. The highest BCUT2D eigenvalue weighted by Gasteiger charge is 2.42. The van der Waals surface area contributed by atoms with Crippen LogP contribution in [0, 0.1) is 23.0 Å². The van der Waals surface area contributed by atoms with Gasteiger partial charge in [0.05, 0.1) is 6.10 Å². The minimum atomic E-state index is -1.28. The molecule has 0 saturated heterocycles. The van der Waals surface area contributed by atoms with Crippen molar-refractivity contribution in [3.8, 4) is 0 Å². The average Bonchev–Trinajstić information content (AvgIpc) is 3.25. The third kappa shape index (κ3) is 18.3. The fourth-order valence-corrected chi connectivity index (χ4v) is 5.85. The standard InChI is InChI=1S/C32H51NO7.C2H7N/c1-24(11-10-12-26(3)34)16-20-29-25(2)23-31(40-32(36)15-8-5-9-22-39-33(37)38)30(29)21-19-28(35)18-17-27-13-6-4-7-14-27;1-2-3/h4,6-7,13-14,16,25,28-31,33,35,37H,5,8-12,15,17-23H2,1-3H3;2-3H2,1H3/b24-16-;/t25?,28-,29-,30+,31+;/m0./s1. The van der Waals surface area contributed by atoms with Gasteiger partial charge in [-0.2, -0.15) is 10.0 Å². The summed E-state index contributed by atoms with van der Waals surface area (Å²) >= 11 is 0. The number of ether oxygens (including phenoxy) is 1. The Labute approximate surface area is 259 Å². The number of quaternary nitrogens is 1. The zero-order valence-electron chi connectivity index (χ0n) is 27.0. The number of carbonyl (C=O) groups excluding carboxylic acids is 2. The van der Waals surface area contributed by atoms with Gasteiger partial charge in [0.15, 0.2) is 0 Å². The van der Waals surface area contributed by atoms with Crippen molar-refractivity contribution in [3.05, 3.63) is 52.8 Å². The predicted octanol–water partition coefficient (Wildman–Crippen LogP) is 5.27. The van der Waals surface area contributed by atoms with Crippen molar-refractivity contribution in [2.75, 3.05) is 13.2 Å². The molecule has 0 heterocycles. The van der Waals surface area contributed by atoms with Crippen molar-refractivity contribution < 1.29 is 34.9 Å². The van der Waals surface area contributed by atoms with Crippen molar-refractivity contribution in [1.82, 2.24) is 0 Å². The minimum absolute atomic E-state index is 0.141. The molecule has 1 fully saturated rings. The normalized spacial score (nSPS) is 21.5. The van der Waals surface area contributed by atoms with E-state index < -0.39 is 11.5 Å². The van der Waals surface area contributed by atoms with Gasteiger partial charge in [-0.05, 0) is 108 Å². The summed E-state index contributed by atoms with van der Waals surface area (Å²) in [5.41, 5.74) is 7.36. The van der Waals surface area contributed by atoms with Gasteiger partial charge in [-0.15, -0.1) is 0 Å². The van der Waals surface area contributed by atoms with Crippen LogP contribution in [0.4, 0.5) is 0 Å². The molecular formula is C34H58N2O7. The maximum absolute atomic E-state index is 12.7. The highest BCUT2D eigenvalue weighted by molar-refractivity contribution is 5.75. The van der Waals surface area contributed by atoms with E-state index in [-0.39, 0.29) is 30.4 Å². The van der Waals surface area contributed by atoms with Gasteiger partial charge in [-0.3, -0.25) is 4.79 Å². The molecule has 1 aromatic carbocycles. The summed E-state index contributed by atoms with van der Waals surface area (Å²) in [5.74, 6) is 0.980. The van der Waals surface area contributed by atoms with Crippen LogP contribution in [-0.4, -0.2) is 47.4 Å². The first kappa shape index (κ1) is 38.9. The molecule has 1 aliphatic carbocycles. The predicted molar refractivity (Wildman–Crippen MR) is 169 cm³/mol. The van der Waals surface area contributed by atoms with Crippen LogP contribution in [0.2, 0.25) is 0 Å². The number of aliphatic hydroxyl groups is 1. The van der Waals surface area contributed by atoms with E-state index in [9.17, 15) is 19.9 Å². The van der Waals surface area contributed by atoms with E-state index in [1.807, 2.05) is 25.1 Å². The van der Waals surface area contributed by atoms with Crippen LogP contribution in [0.25, 0.3) is 0 Å². The quantitative estimate of drug-likeness (QED) is 0.0680. The first-order valence-corrected chi connectivity index (χ1v) is 16.2. The molecule has 5 N–H and O–H groups in total. The van der Waals surface area contributed by atoms with Gasteiger partial charge in [0.25, 0.3) is 0 Å². The average molecular weight is 607 g/mol. The molecule has 43 heavy (non-hydrogen) atoms. The van der Waals surface area contributed by atoms with Crippen molar-refractivity contribution in [2.24, 2.45) is 23.5 Å². The molecule has 0 radical (unpaired) electrons. The number of carbonyl (C=O) groups is 2. The fourth-order valence-electron chi connectivity index (χ4n) is 5.85. The summed E-state index contributed by atoms with van der Waals surface area (Å²) in [6.45, 7) is 8.79. The lowest BCUT2D eigenvalue weighted by Crippen LogP contribution is -3.03. The Morgan fingerprint density at radius 2 is 1.77 bits per heavy atom. The van der Waals surface area contributed by atoms with Crippen molar-refractivity contribution in [1.29, 1.82) is 0 Å². The van der Waals surface area contributed by atoms with Crippen LogP contribution in [0.3, 0.4) is 0 Å². The molecule has 2 unspecified atom stereocenters. The molecule has 246 valence electrons. The summed E-state index contributed by atoms with van der Waals surface area (Å²) in [4.78, 5) is 28.5. The molecule has 1 saturated carbocycles. The van der Waals surface area contributed by atoms with Crippen LogP contribution < -0.4 is 11.1 Å². The Hall–Kier alpha value is -2.14. The first-order valence-electron chi connectivity index (χ1n) is 16.2. The van der Waals surface area contributed by atoms with E-state index in [2.05, 4.69) is 36.9 Å². The number of benzene rings is 1. The zero-order chi connectivity index (χ0) is 32.0. The van der Waals surface area contributed by atoms with Crippen LogP contribution >= 0.6 is 0 Å². The molecule has 2 rings (SSSR count). The minimum Gasteiger partial charge on any atom is -0.566 e. The van der Waals surface area contributed by atoms with E-state index >= 15 is 0 Å². The maximum Gasteiger partial charge on any atom is 0.306 e. The number of rotatable bonds is 20. The number of nitrogens with one attached hydrogen (secondary N) is 1.